The summed E-state index contributed by atoms with van der Waals surface area (Å²) >= 11 is 0. The van der Waals surface area contributed by atoms with E-state index in [1.807, 2.05) is 36.4 Å². The quantitative estimate of drug-likeness (QED) is 0.161. The van der Waals surface area contributed by atoms with Gasteiger partial charge in [-0.2, -0.15) is 0 Å². The molecule has 0 spiro atoms. The molecular weight excluding hydrogens is 392 g/mol. The lowest BCUT2D eigenvalue weighted by Crippen LogP contribution is -2.40. The molecule has 0 aromatic heterocycles. The van der Waals surface area contributed by atoms with Crippen LogP contribution < -0.4 is 0 Å². The lowest BCUT2D eigenvalue weighted by molar-refractivity contribution is -0.168. The zero-order valence-corrected chi connectivity index (χ0v) is 17.6. The summed E-state index contributed by atoms with van der Waals surface area (Å²) in [6, 6.07) is 18.0. The van der Waals surface area contributed by atoms with E-state index in [1.54, 1.807) is 30.3 Å². The summed E-state index contributed by atoms with van der Waals surface area (Å²) in [5.41, 5.74) is -0.127. The summed E-state index contributed by atoms with van der Waals surface area (Å²) in [5.74, 6) is 3.88. The highest BCUT2D eigenvalue weighted by atomic mass is 16.5. The van der Waals surface area contributed by atoms with Gasteiger partial charge in [0, 0.05) is 12.0 Å². The highest BCUT2D eigenvalue weighted by Gasteiger charge is 2.47. The number of carbonyl (C=O) groups excluding carboxylic acids is 3. The first-order valence-electron chi connectivity index (χ1n) is 9.61. The van der Waals surface area contributed by atoms with Crippen LogP contribution in [-0.2, 0) is 19.1 Å². The molecule has 0 heterocycles. The van der Waals surface area contributed by atoms with Crippen molar-refractivity contribution >= 4 is 23.8 Å². The maximum absolute atomic E-state index is 13.0. The van der Waals surface area contributed by atoms with E-state index in [1.165, 1.54) is 20.3 Å². The number of carbonyl (C=O) groups is 3. The first-order chi connectivity index (χ1) is 15.0. The molecule has 0 atom stereocenters. The van der Waals surface area contributed by atoms with Crippen LogP contribution in [0.4, 0.5) is 0 Å². The number of rotatable bonds is 8. The number of hydrogen-bond acceptors (Lipinski definition) is 5. The fourth-order valence-corrected chi connectivity index (χ4v) is 3.01. The second-order valence-corrected chi connectivity index (χ2v) is 6.70. The van der Waals surface area contributed by atoms with Crippen LogP contribution in [0.25, 0.3) is 6.08 Å². The van der Waals surface area contributed by atoms with Gasteiger partial charge in [-0.1, -0.05) is 78.6 Å². The predicted molar refractivity (Wildman–Crippen MR) is 119 cm³/mol. The Balaban J connectivity index is 2.48. The molecule has 0 N–H and O–H groups in total. The molecule has 0 saturated carbocycles. The number of ketones is 1. The molecule has 0 saturated heterocycles. The van der Waals surface area contributed by atoms with E-state index in [9.17, 15) is 14.4 Å². The molecule has 0 unspecified atom stereocenters. The molecule has 5 heteroatoms. The third-order valence-corrected chi connectivity index (χ3v) is 4.65. The molecule has 2 aromatic rings. The molecule has 0 radical (unpaired) electrons. The lowest BCUT2D eigenvalue weighted by atomic mass is 9.81. The van der Waals surface area contributed by atoms with Crippen molar-refractivity contribution in [1.82, 2.24) is 0 Å². The van der Waals surface area contributed by atoms with E-state index in [0.29, 0.717) is 5.56 Å². The zero-order valence-electron chi connectivity index (χ0n) is 17.6. The van der Waals surface area contributed by atoms with E-state index in [-0.39, 0.29) is 24.2 Å². The Hall–Kier alpha value is -3.91. The summed E-state index contributed by atoms with van der Waals surface area (Å²) in [4.78, 5) is 37.9. The van der Waals surface area contributed by atoms with Crippen LogP contribution in [-0.4, -0.2) is 31.9 Å². The molecular formula is C26H24O5. The summed E-state index contributed by atoms with van der Waals surface area (Å²) < 4.78 is 9.65. The average molecular weight is 416 g/mol. The number of methoxy groups -OCH3 is 2. The monoisotopic (exact) mass is 416 g/mol. The highest BCUT2D eigenvalue weighted by molar-refractivity contribution is 6.14. The number of ether oxygens (including phenoxy) is 2. The Morgan fingerprint density at radius 3 is 2.00 bits per heavy atom. The van der Waals surface area contributed by atoms with Gasteiger partial charge in [-0.25, -0.2) is 0 Å². The van der Waals surface area contributed by atoms with Gasteiger partial charge >= 0.3 is 11.9 Å². The van der Waals surface area contributed by atoms with Gasteiger partial charge in [0.05, 0.1) is 19.8 Å². The summed E-state index contributed by atoms with van der Waals surface area (Å²) in [7, 11) is 2.38. The normalized spacial score (nSPS) is 11.0. The SMILES string of the molecule is C=CCC(CC#C/C(=C\c1ccccc1)C(=O)c1ccccc1)(C(=O)OC)C(=O)OC. The van der Waals surface area contributed by atoms with Crippen molar-refractivity contribution in [3.63, 3.8) is 0 Å². The Labute approximate surface area is 182 Å². The van der Waals surface area contributed by atoms with Crippen molar-refractivity contribution in [2.75, 3.05) is 14.2 Å². The second kappa shape index (κ2) is 11.3. The van der Waals surface area contributed by atoms with Gasteiger partial charge in [0.15, 0.2) is 5.41 Å². The molecule has 2 rings (SSSR count). The third-order valence-electron chi connectivity index (χ3n) is 4.65. The van der Waals surface area contributed by atoms with Gasteiger partial charge in [0.25, 0.3) is 0 Å². The molecule has 31 heavy (non-hydrogen) atoms. The molecule has 0 amide bonds. The first-order valence-corrected chi connectivity index (χ1v) is 9.61. The molecule has 0 aliphatic carbocycles. The van der Waals surface area contributed by atoms with Crippen molar-refractivity contribution in [2.45, 2.75) is 12.8 Å². The molecule has 0 aliphatic rings. The van der Waals surface area contributed by atoms with Gasteiger partial charge in [-0.05, 0) is 18.1 Å². The lowest BCUT2D eigenvalue weighted by Gasteiger charge is -2.24. The minimum Gasteiger partial charge on any atom is -0.468 e. The largest absolute Gasteiger partial charge is 0.468 e. The van der Waals surface area contributed by atoms with Crippen molar-refractivity contribution < 1.29 is 23.9 Å². The van der Waals surface area contributed by atoms with E-state index < -0.39 is 17.4 Å². The number of benzene rings is 2. The van der Waals surface area contributed by atoms with Crippen molar-refractivity contribution in [3.05, 3.63) is 90.0 Å². The van der Waals surface area contributed by atoms with E-state index in [4.69, 9.17) is 9.47 Å². The van der Waals surface area contributed by atoms with Crippen LogP contribution in [0.2, 0.25) is 0 Å². The summed E-state index contributed by atoms with van der Waals surface area (Å²) in [5, 5.41) is 0. The van der Waals surface area contributed by atoms with Crippen LogP contribution in [0.15, 0.2) is 78.9 Å². The molecule has 0 fully saturated rings. The Morgan fingerprint density at radius 2 is 1.48 bits per heavy atom. The Bertz CT molecular complexity index is 1010. The zero-order chi connectivity index (χ0) is 22.7. The standard InChI is InChI=1S/C26H24O5/c1-4-17-26(24(28)30-2,25(29)31-3)18-11-16-22(19-20-12-7-5-8-13-20)23(27)21-14-9-6-10-15-21/h4-10,12-15,19H,1,17-18H2,2-3H3/b22-19+. The Morgan fingerprint density at radius 1 is 0.935 bits per heavy atom. The van der Waals surface area contributed by atoms with Gasteiger partial charge < -0.3 is 9.47 Å². The van der Waals surface area contributed by atoms with Gasteiger partial charge in [-0.15, -0.1) is 6.58 Å². The van der Waals surface area contributed by atoms with Gasteiger partial charge in [0.1, 0.15) is 0 Å². The van der Waals surface area contributed by atoms with Crippen molar-refractivity contribution in [1.29, 1.82) is 0 Å². The van der Waals surface area contributed by atoms with E-state index in [0.717, 1.165) is 5.56 Å². The summed E-state index contributed by atoms with van der Waals surface area (Å²) in [6.45, 7) is 3.62. The minimum absolute atomic E-state index is 0.00854. The number of Topliss-reactive ketones (excluding diaryl/α,β-unsaturated/α-hetero) is 1. The number of hydrogen-bond donors (Lipinski definition) is 0. The molecule has 2 aromatic carbocycles. The molecule has 158 valence electrons. The first kappa shape index (κ1) is 23.4. The molecule has 5 nitrogen and oxygen atoms in total. The summed E-state index contributed by atoms with van der Waals surface area (Å²) in [6.07, 6.45) is 2.91. The minimum atomic E-state index is -1.65. The van der Waals surface area contributed by atoms with Crippen LogP contribution in [0.5, 0.6) is 0 Å². The van der Waals surface area contributed by atoms with Crippen LogP contribution in [0, 0.1) is 17.3 Å². The maximum Gasteiger partial charge on any atom is 0.324 e. The fraction of sp³-hybridized carbons (Fsp3) is 0.192. The molecule has 0 bridgehead atoms. The third kappa shape index (κ3) is 5.80. The topological polar surface area (TPSA) is 69.7 Å². The highest BCUT2D eigenvalue weighted by Crippen LogP contribution is 2.30. The molecule has 0 aliphatic heterocycles. The van der Waals surface area contributed by atoms with Crippen LogP contribution in [0.3, 0.4) is 0 Å². The van der Waals surface area contributed by atoms with E-state index >= 15 is 0 Å². The smallest absolute Gasteiger partial charge is 0.324 e. The number of esters is 2. The van der Waals surface area contributed by atoms with Crippen molar-refractivity contribution in [3.8, 4) is 11.8 Å². The van der Waals surface area contributed by atoms with Gasteiger partial charge in [0.2, 0.25) is 5.78 Å². The average Bonchev–Trinajstić information content (AvgIpc) is 2.82. The predicted octanol–water partition coefficient (Wildman–Crippen LogP) is 4.25. The maximum atomic E-state index is 13.0. The van der Waals surface area contributed by atoms with E-state index in [2.05, 4.69) is 18.4 Å². The fourth-order valence-electron chi connectivity index (χ4n) is 3.01. The second-order valence-electron chi connectivity index (χ2n) is 6.70. The Kier molecular flexibility index (Phi) is 8.53. The van der Waals surface area contributed by atoms with Crippen LogP contribution in [0.1, 0.15) is 28.8 Å². The number of allylic oxidation sites excluding steroid dienone is 2. The van der Waals surface area contributed by atoms with Crippen molar-refractivity contribution in [2.24, 2.45) is 5.41 Å². The van der Waals surface area contributed by atoms with Crippen LogP contribution >= 0.6 is 0 Å². The van der Waals surface area contributed by atoms with Gasteiger partial charge in [-0.3, -0.25) is 14.4 Å².